The number of benzene rings is 3. The van der Waals surface area contributed by atoms with Crippen LogP contribution >= 0.6 is 46.4 Å². The van der Waals surface area contributed by atoms with Gasteiger partial charge < -0.3 is 43.6 Å². The summed E-state index contributed by atoms with van der Waals surface area (Å²) >= 11 is 24.9. The summed E-state index contributed by atoms with van der Waals surface area (Å²) in [6.07, 6.45) is 12.6. The third kappa shape index (κ3) is 13.4. The van der Waals surface area contributed by atoms with E-state index in [0.29, 0.717) is 166 Å². The van der Waals surface area contributed by atoms with Crippen LogP contribution in [0.2, 0.25) is 20.2 Å². The lowest BCUT2D eigenvalue weighted by molar-refractivity contribution is -0.128. The number of amides is 3. The maximum atomic E-state index is 14.9. The first kappa shape index (κ1) is 68.5. The number of halogens is 6. The molecule has 3 aliphatic heterocycles. The molecule has 35 heteroatoms. The number of rotatable bonds is 12. The average Bonchev–Trinajstić information content (AvgIpc) is 0.957. The zero-order chi connectivity index (χ0) is 71.6. The van der Waals surface area contributed by atoms with Crippen molar-refractivity contribution in [3.05, 3.63) is 161 Å². The Morgan fingerprint density at radius 3 is 1.44 bits per heavy atom. The second-order valence-corrected chi connectivity index (χ2v) is 24.6. The van der Waals surface area contributed by atoms with E-state index >= 15 is 0 Å². The summed E-state index contributed by atoms with van der Waals surface area (Å²) < 4.78 is 47.3. The van der Waals surface area contributed by atoms with Crippen molar-refractivity contribution in [2.75, 3.05) is 86.7 Å². The molecular weight excluding hydrogens is 1400 g/mol. The highest BCUT2D eigenvalue weighted by Crippen LogP contribution is 2.44. The number of aromatic nitrogens is 15. The van der Waals surface area contributed by atoms with Crippen molar-refractivity contribution in [2.24, 2.45) is 0 Å². The van der Waals surface area contributed by atoms with Crippen molar-refractivity contribution in [3.8, 4) is 47.0 Å². The van der Waals surface area contributed by atoms with Gasteiger partial charge in [-0.3, -0.25) is 29.7 Å². The minimum atomic E-state index is -0.752. The van der Waals surface area contributed by atoms with Gasteiger partial charge in [-0.05, 0) is 62.4 Å². The molecule has 3 saturated heterocycles. The molecule has 12 aromatic rings. The molecule has 15 rings (SSSR count). The maximum absolute atomic E-state index is 14.9. The van der Waals surface area contributed by atoms with E-state index in [1.54, 1.807) is 45.2 Å². The first-order chi connectivity index (χ1) is 49.4. The molecule has 3 amide bonds. The Kier molecular flexibility index (Phi) is 19.5. The Balaban J connectivity index is 0.000000137. The minimum Gasteiger partial charge on any atom is -0.436 e. The van der Waals surface area contributed by atoms with Crippen LogP contribution in [0.4, 0.5) is 26.2 Å². The summed E-state index contributed by atoms with van der Waals surface area (Å²) in [5.41, 5.74) is 3.69. The van der Waals surface area contributed by atoms with Gasteiger partial charge in [0.25, 0.3) is 0 Å². The Hall–Kier alpha value is -12.0. The minimum absolute atomic E-state index is 0.00490. The second kappa shape index (κ2) is 29.0. The van der Waals surface area contributed by atoms with Crippen LogP contribution in [0.1, 0.15) is 23.9 Å². The molecule has 0 bridgehead atoms. The lowest BCUT2D eigenvalue weighted by atomic mass is 10.1. The van der Waals surface area contributed by atoms with Gasteiger partial charge in [0.15, 0.2) is 17.3 Å². The molecule has 102 heavy (non-hydrogen) atoms. The van der Waals surface area contributed by atoms with Gasteiger partial charge in [-0.25, -0.2) is 48.7 Å². The van der Waals surface area contributed by atoms with E-state index in [4.69, 9.17) is 60.6 Å². The van der Waals surface area contributed by atoms with E-state index in [0.717, 1.165) is 5.39 Å². The van der Waals surface area contributed by atoms with Crippen LogP contribution in [-0.4, -0.2) is 186 Å². The molecule has 12 heterocycles. The number of ether oxygens (including phenoxy) is 3. The Bertz CT molecular complexity index is 5480. The molecule has 3 N–H and O–H groups in total. The van der Waals surface area contributed by atoms with Gasteiger partial charge in [-0.1, -0.05) is 66.1 Å². The number of pyridine rings is 3. The predicted octanol–water partition coefficient (Wildman–Crippen LogP) is 10.9. The van der Waals surface area contributed by atoms with Crippen LogP contribution in [0.3, 0.4) is 0 Å². The molecule has 1 atom stereocenters. The Labute approximate surface area is 596 Å². The topological polar surface area (TPSA) is 348 Å². The summed E-state index contributed by atoms with van der Waals surface area (Å²) in [7, 11) is 0. The Morgan fingerprint density at radius 2 is 0.951 bits per heavy atom. The molecule has 0 unspecified atom stereocenters. The highest BCUT2D eigenvalue weighted by Gasteiger charge is 2.31. The summed E-state index contributed by atoms with van der Waals surface area (Å²) in [5.74, 6) is 0.539. The SMILES string of the molecule is C=CC(=O)N1CCN(c2ncnc3c(Oc4c(C)c(Cl)cc5[nH]ncc45)nc(C#N)cc23)C[C@@H]1C.C=CC(=O)N1CCN(c2ncnc3c(Oc4c(Cl)c(F)cc5[nH]ncc45)nc(C#N)cc23)CC1.C=CC(=O)N1CCN(c2ncnc3c(Oc4c(F)c(Cl)cc5[nH]ncc45)nc(Cl)cc23)CC1. The van der Waals surface area contributed by atoms with Gasteiger partial charge in [-0.15, -0.1) is 0 Å². The number of nitrogens with zero attached hydrogens (tertiary/aromatic N) is 20. The third-order valence-electron chi connectivity index (χ3n) is 17.1. The summed E-state index contributed by atoms with van der Waals surface area (Å²) in [6.45, 7) is 20.3. The largest absolute Gasteiger partial charge is 0.436 e. The quantitative estimate of drug-likeness (QED) is 0.0755. The molecule has 0 radical (unpaired) electrons. The van der Waals surface area contributed by atoms with E-state index in [2.05, 4.69) is 106 Å². The number of H-pyrrole nitrogens is 3. The number of carbonyl (C=O) groups excluding carboxylic acids is 3. The van der Waals surface area contributed by atoms with Crippen LogP contribution in [0.15, 0.2) is 112 Å². The molecule has 3 fully saturated rings. The smallest absolute Gasteiger partial charge is 0.247 e. The fraction of sp³-hybridized carbons (Fsp3) is 0.209. The van der Waals surface area contributed by atoms with Gasteiger partial charge in [0.2, 0.25) is 35.4 Å². The van der Waals surface area contributed by atoms with E-state index in [1.165, 1.54) is 61.7 Å². The molecule has 3 aromatic carbocycles. The standard InChI is InChI=1S/C24H21ClN8O2.C22H16ClFN8O2.C21H16Cl2FN7O2/c1-4-20(34)33-6-5-32(11-13(33)2)23-16-7-15(9-26)30-24(21(16)27-12-28-23)35-22-14(3)18(25)8-19-17(22)10-29-31-19;1-2-17(33)31-3-5-32(6-4-31)21-13-7-12(9-25)29-22(19(13)26-11-27-21)34-20-14-10-28-30-16(14)8-15(24)18(20)23;1-2-16(32)30-3-5-31(6-4-30)20-11-7-15(23)28-21(18(11)25-10-26-20)33-19-12-9-27-29-14(12)8-13(22)17(19)24/h4,7-8,10,12-13H,1,5-6,11H2,2-3H3,(H,29,31);2,7-8,10-11H,1,3-6H2,(H,28,30);2,7-10H,1,3-6H2,(H,27,29)/t13-;;/m0../s1. The zero-order valence-corrected chi connectivity index (χ0v) is 56.8. The first-order valence-corrected chi connectivity index (χ1v) is 32.6. The number of aromatic amines is 3. The number of carbonyl (C=O) groups is 3. The average molecular weight is 1460 g/mol. The van der Waals surface area contributed by atoms with E-state index in [1.807, 2.05) is 29.7 Å². The molecule has 0 aliphatic carbocycles. The molecule has 29 nitrogen and oxygen atoms in total. The van der Waals surface area contributed by atoms with Crippen molar-refractivity contribution < 1.29 is 37.4 Å². The number of hydrogen-bond acceptors (Lipinski definition) is 23. The van der Waals surface area contributed by atoms with Crippen LogP contribution in [-0.2, 0) is 14.4 Å². The molecule has 9 aromatic heterocycles. The number of piperazine rings is 3. The normalized spacial score (nSPS) is 14.6. The monoisotopic (exact) mass is 1450 g/mol. The molecule has 3 aliphatic rings. The lowest BCUT2D eigenvalue weighted by Gasteiger charge is -2.40. The third-order valence-corrected chi connectivity index (χ3v) is 18.3. The highest BCUT2D eigenvalue weighted by molar-refractivity contribution is 6.34. The number of nitriles is 2. The van der Waals surface area contributed by atoms with Gasteiger partial charge in [0, 0.05) is 94.7 Å². The Morgan fingerprint density at radius 1 is 0.529 bits per heavy atom. The molecule has 0 spiro atoms. The van der Waals surface area contributed by atoms with Crippen LogP contribution in [0, 0.1) is 41.2 Å². The summed E-state index contributed by atoms with van der Waals surface area (Å²) in [6, 6.07) is 13.3. The van der Waals surface area contributed by atoms with Crippen molar-refractivity contribution in [2.45, 2.75) is 19.9 Å². The van der Waals surface area contributed by atoms with Crippen molar-refractivity contribution in [3.63, 3.8) is 0 Å². The first-order valence-electron chi connectivity index (χ1n) is 31.1. The van der Waals surface area contributed by atoms with Crippen LogP contribution in [0.5, 0.6) is 34.9 Å². The number of fused-ring (bicyclic) bond motifs is 6. The second-order valence-electron chi connectivity index (χ2n) is 23.1. The number of anilines is 3. The van der Waals surface area contributed by atoms with Gasteiger partial charge in [0.1, 0.15) is 98.3 Å². The van der Waals surface area contributed by atoms with Crippen molar-refractivity contribution in [1.82, 2.24) is 90.1 Å². The summed E-state index contributed by atoms with van der Waals surface area (Å²) in [5, 5.41) is 43.0. The van der Waals surface area contributed by atoms with Gasteiger partial charge in [-0.2, -0.15) is 30.8 Å². The van der Waals surface area contributed by atoms with E-state index in [9.17, 15) is 33.7 Å². The molecule has 514 valence electrons. The lowest BCUT2D eigenvalue weighted by Crippen LogP contribution is -2.54. The summed E-state index contributed by atoms with van der Waals surface area (Å²) in [4.78, 5) is 86.5. The maximum Gasteiger partial charge on any atom is 0.247 e. The highest BCUT2D eigenvalue weighted by atomic mass is 35.5. The fourth-order valence-corrected chi connectivity index (χ4v) is 12.8. The van der Waals surface area contributed by atoms with Gasteiger partial charge in [0.05, 0.1) is 72.5 Å². The van der Waals surface area contributed by atoms with E-state index < -0.39 is 11.6 Å². The zero-order valence-electron chi connectivity index (χ0n) is 53.8. The number of nitrogens with one attached hydrogen (secondary N) is 3. The predicted molar refractivity (Wildman–Crippen MR) is 376 cm³/mol. The van der Waals surface area contributed by atoms with Gasteiger partial charge >= 0.3 is 0 Å². The van der Waals surface area contributed by atoms with Crippen LogP contribution < -0.4 is 28.9 Å². The van der Waals surface area contributed by atoms with Crippen molar-refractivity contribution >= 4 is 147 Å². The molecule has 0 saturated carbocycles. The van der Waals surface area contributed by atoms with Crippen LogP contribution in [0.25, 0.3) is 65.4 Å². The fourth-order valence-electron chi connectivity index (χ4n) is 12.0. The number of hydrogen-bond donors (Lipinski definition) is 3. The molecular formula is C67H53Cl4F2N23O6. The van der Waals surface area contributed by atoms with Crippen molar-refractivity contribution in [1.29, 1.82) is 10.5 Å². The van der Waals surface area contributed by atoms with E-state index in [-0.39, 0.29) is 79.5 Å².